The van der Waals surface area contributed by atoms with E-state index in [1.807, 2.05) is 30.3 Å². The van der Waals surface area contributed by atoms with Gasteiger partial charge in [0, 0.05) is 11.3 Å². The molecule has 3 aromatic rings. The maximum absolute atomic E-state index is 12.2. The van der Waals surface area contributed by atoms with Crippen molar-refractivity contribution >= 4 is 45.7 Å². The molecular formula is C20H19N3O3S2. The molecule has 0 saturated heterocycles. The van der Waals surface area contributed by atoms with Crippen LogP contribution in [0.25, 0.3) is 11.3 Å². The molecule has 0 atom stereocenters. The molecule has 28 heavy (non-hydrogen) atoms. The van der Waals surface area contributed by atoms with Crippen molar-refractivity contribution < 1.29 is 14.3 Å². The van der Waals surface area contributed by atoms with E-state index in [2.05, 4.69) is 10.3 Å². The SMILES string of the molecule is CCOC(=O)c1ccc(NC(=O)CSc2nc(-c3ccccc3)c(N)s2)cc1. The second-order valence-corrected chi connectivity index (χ2v) is 7.95. The Kier molecular flexibility index (Phi) is 6.67. The van der Waals surface area contributed by atoms with Gasteiger partial charge in [0.2, 0.25) is 5.91 Å². The monoisotopic (exact) mass is 413 g/mol. The fourth-order valence-corrected chi connectivity index (χ4v) is 4.15. The molecule has 0 saturated carbocycles. The Labute approximate surface area is 171 Å². The van der Waals surface area contributed by atoms with Gasteiger partial charge in [-0.05, 0) is 31.2 Å². The number of carbonyl (C=O) groups excluding carboxylic acids is 2. The fraction of sp³-hybridized carbons (Fsp3) is 0.150. The third kappa shape index (κ3) is 5.11. The molecule has 8 heteroatoms. The summed E-state index contributed by atoms with van der Waals surface area (Å²) in [6, 6.07) is 16.3. The summed E-state index contributed by atoms with van der Waals surface area (Å²) >= 11 is 2.70. The van der Waals surface area contributed by atoms with Gasteiger partial charge >= 0.3 is 5.97 Å². The Morgan fingerprint density at radius 3 is 2.54 bits per heavy atom. The lowest BCUT2D eigenvalue weighted by molar-refractivity contribution is -0.113. The summed E-state index contributed by atoms with van der Waals surface area (Å²) in [5.41, 5.74) is 8.82. The molecule has 0 unspecified atom stereocenters. The number of nitrogens with zero attached hydrogens (tertiary/aromatic N) is 1. The number of thiazole rings is 1. The van der Waals surface area contributed by atoms with Gasteiger partial charge in [0.05, 0.1) is 17.9 Å². The molecule has 0 fully saturated rings. The lowest BCUT2D eigenvalue weighted by atomic mass is 10.2. The summed E-state index contributed by atoms with van der Waals surface area (Å²) < 4.78 is 5.67. The molecule has 1 heterocycles. The number of esters is 1. The number of hydrogen-bond donors (Lipinski definition) is 2. The van der Waals surface area contributed by atoms with Gasteiger partial charge in [-0.3, -0.25) is 4.79 Å². The van der Waals surface area contributed by atoms with Crippen LogP contribution in [0.15, 0.2) is 58.9 Å². The average Bonchev–Trinajstić information content (AvgIpc) is 3.08. The van der Waals surface area contributed by atoms with Crippen LogP contribution in [0.2, 0.25) is 0 Å². The first kappa shape index (κ1) is 19.9. The molecule has 2 aromatic carbocycles. The number of nitrogens with one attached hydrogen (secondary N) is 1. The van der Waals surface area contributed by atoms with E-state index in [9.17, 15) is 9.59 Å². The van der Waals surface area contributed by atoms with Crippen LogP contribution in [-0.2, 0) is 9.53 Å². The van der Waals surface area contributed by atoms with Crippen LogP contribution in [0, 0.1) is 0 Å². The number of rotatable bonds is 7. The molecule has 1 amide bonds. The van der Waals surface area contributed by atoms with E-state index in [0.29, 0.717) is 22.9 Å². The van der Waals surface area contributed by atoms with Crippen molar-refractivity contribution in [3.63, 3.8) is 0 Å². The number of ether oxygens (including phenoxy) is 1. The summed E-state index contributed by atoms with van der Waals surface area (Å²) in [6.45, 7) is 2.07. The Morgan fingerprint density at radius 1 is 1.14 bits per heavy atom. The van der Waals surface area contributed by atoms with Crippen LogP contribution in [0.3, 0.4) is 0 Å². The molecule has 144 valence electrons. The normalized spacial score (nSPS) is 10.5. The standard InChI is InChI=1S/C20H19N3O3S2/c1-2-26-19(25)14-8-10-15(11-9-14)22-16(24)12-27-20-23-17(18(21)28-20)13-6-4-3-5-7-13/h3-11H,2,12,21H2,1H3,(H,22,24). The molecule has 3 N–H and O–H groups in total. The van der Waals surface area contributed by atoms with E-state index in [1.165, 1.54) is 23.1 Å². The van der Waals surface area contributed by atoms with Crippen molar-refractivity contribution in [2.24, 2.45) is 0 Å². The lowest BCUT2D eigenvalue weighted by Gasteiger charge is -2.06. The first-order chi connectivity index (χ1) is 13.6. The highest BCUT2D eigenvalue weighted by atomic mass is 32.2. The van der Waals surface area contributed by atoms with E-state index in [-0.39, 0.29) is 17.6 Å². The second kappa shape index (κ2) is 9.38. The molecule has 0 spiro atoms. The third-order valence-corrected chi connectivity index (χ3v) is 5.71. The maximum Gasteiger partial charge on any atom is 0.338 e. The lowest BCUT2D eigenvalue weighted by Crippen LogP contribution is -2.14. The van der Waals surface area contributed by atoms with Crippen LogP contribution in [0.1, 0.15) is 17.3 Å². The highest BCUT2D eigenvalue weighted by molar-refractivity contribution is 8.01. The predicted molar refractivity (Wildman–Crippen MR) is 114 cm³/mol. The maximum atomic E-state index is 12.2. The first-order valence-electron chi connectivity index (χ1n) is 8.58. The number of anilines is 2. The summed E-state index contributed by atoms with van der Waals surface area (Å²) in [4.78, 5) is 28.4. The van der Waals surface area contributed by atoms with Crippen LogP contribution < -0.4 is 11.1 Å². The zero-order valence-corrected chi connectivity index (χ0v) is 16.8. The third-order valence-electron chi connectivity index (χ3n) is 3.69. The smallest absolute Gasteiger partial charge is 0.338 e. The van der Waals surface area contributed by atoms with E-state index in [1.54, 1.807) is 31.2 Å². The van der Waals surface area contributed by atoms with Gasteiger partial charge in [0.1, 0.15) is 10.7 Å². The highest BCUT2D eigenvalue weighted by Crippen LogP contribution is 2.35. The van der Waals surface area contributed by atoms with Crippen LogP contribution in [0.5, 0.6) is 0 Å². The average molecular weight is 414 g/mol. The first-order valence-corrected chi connectivity index (χ1v) is 10.4. The minimum atomic E-state index is -0.383. The molecule has 3 rings (SSSR count). The Bertz CT molecular complexity index is 957. The van der Waals surface area contributed by atoms with Gasteiger partial charge in [-0.15, -0.1) is 0 Å². The summed E-state index contributed by atoms with van der Waals surface area (Å²) in [7, 11) is 0. The molecule has 0 bridgehead atoms. The van der Waals surface area contributed by atoms with Gasteiger partial charge < -0.3 is 15.8 Å². The minimum Gasteiger partial charge on any atom is -0.462 e. The molecule has 0 aliphatic rings. The van der Waals surface area contributed by atoms with Crippen LogP contribution in [-0.4, -0.2) is 29.2 Å². The van der Waals surface area contributed by atoms with Crippen LogP contribution >= 0.6 is 23.1 Å². The predicted octanol–water partition coefficient (Wildman–Crippen LogP) is 4.30. The van der Waals surface area contributed by atoms with Gasteiger partial charge in [-0.25, -0.2) is 9.78 Å². The molecule has 0 aliphatic heterocycles. The van der Waals surface area contributed by atoms with E-state index in [0.717, 1.165) is 15.6 Å². The van der Waals surface area contributed by atoms with Crippen molar-refractivity contribution in [1.82, 2.24) is 4.98 Å². The number of amides is 1. The number of thioether (sulfide) groups is 1. The Hall–Kier alpha value is -2.84. The van der Waals surface area contributed by atoms with Crippen molar-refractivity contribution in [3.8, 4) is 11.3 Å². The number of aromatic nitrogens is 1. The molecule has 0 aliphatic carbocycles. The van der Waals surface area contributed by atoms with E-state index >= 15 is 0 Å². The molecule has 6 nitrogen and oxygen atoms in total. The number of carbonyl (C=O) groups is 2. The highest BCUT2D eigenvalue weighted by Gasteiger charge is 2.13. The number of nitrogens with two attached hydrogens (primary N) is 1. The van der Waals surface area contributed by atoms with Gasteiger partial charge in [-0.1, -0.05) is 53.4 Å². The van der Waals surface area contributed by atoms with Gasteiger partial charge in [0.25, 0.3) is 0 Å². The van der Waals surface area contributed by atoms with Crippen molar-refractivity contribution in [2.45, 2.75) is 11.3 Å². The molecule has 1 aromatic heterocycles. The van der Waals surface area contributed by atoms with Gasteiger partial charge in [-0.2, -0.15) is 0 Å². The van der Waals surface area contributed by atoms with Crippen molar-refractivity contribution in [3.05, 3.63) is 60.2 Å². The number of nitrogen functional groups attached to an aromatic ring is 1. The summed E-state index contributed by atoms with van der Waals surface area (Å²) in [5, 5.41) is 3.43. The van der Waals surface area contributed by atoms with Crippen molar-refractivity contribution in [2.75, 3.05) is 23.4 Å². The zero-order valence-electron chi connectivity index (χ0n) is 15.2. The second-order valence-electron chi connectivity index (χ2n) is 5.69. The Balaban J connectivity index is 1.55. The topological polar surface area (TPSA) is 94.3 Å². The van der Waals surface area contributed by atoms with Crippen LogP contribution in [0.4, 0.5) is 10.7 Å². The summed E-state index contributed by atoms with van der Waals surface area (Å²) in [6.07, 6.45) is 0. The van der Waals surface area contributed by atoms with Crippen molar-refractivity contribution in [1.29, 1.82) is 0 Å². The minimum absolute atomic E-state index is 0.163. The quantitative estimate of drug-likeness (QED) is 0.443. The number of hydrogen-bond acceptors (Lipinski definition) is 7. The van der Waals surface area contributed by atoms with Gasteiger partial charge in [0.15, 0.2) is 4.34 Å². The zero-order chi connectivity index (χ0) is 19.9. The fourth-order valence-electron chi connectivity index (χ4n) is 2.40. The summed E-state index contributed by atoms with van der Waals surface area (Å²) in [5.74, 6) is -0.337. The molecular weight excluding hydrogens is 394 g/mol. The van der Waals surface area contributed by atoms with E-state index < -0.39 is 0 Å². The Morgan fingerprint density at radius 2 is 1.86 bits per heavy atom. The number of benzene rings is 2. The largest absolute Gasteiger partial charge is 0.462 e. The molecule has 0 radical (unpaired) electrons. The van der Waals surface area contributed by atoms with E-state index in [4.69, 9.17) is 10.5 Å².